The van der Waals surface area contributed by atoms with Gasteiger partial charge in [0.15, 0.2) is 0 Å². The summed E-state index contributed by atoms with van der Waals surface area (Å²) in [5.74, 6) is 4.89. The topological polar surface area (TPSA) is 98.0 Å². The Hall–Kier alpha value is -1.58. The summed E-state index contributed by atoms with van der Waals surface area (Å²) in [4.78, 5) is 10.5. The summed E-state index contributed by atoms with van der Waals surface area (Å²) in [5.41, 5.74) is 0.672. The van der Waals surface area contributed by atoms with E-state index in [1.54, 1.807) is 12.1 Å². The van der Waals surface area contributed by atoms with Crippen LogP contribution in [0.15, 0.2) is 24.3 Å². The predicted octanol–water partition coefficient (Wildman–Crippen LogP) is 3.62. The van der Waals surface area contributed by atoms with Gasteiger partial charge in [0.05, 0.1) is 17.2 Å². The van der Waals surface area contributed by atoms with E-state index in [4.69, 9.17) is 16.7 Å². The summed E-state index contributed by atoms with van der Waals surface area (Å²) in [7, 11) is 0. The van der Waals surface area contributed by atoms with Crippen LogP contribution in [-0.2, 0) is 4.79 Å². The number of halogens is 1. The van der Waals surface area contributed by atoms with Crippen molar-refractivity contribution in [2.24, 2.45) is 11.8 Å². The van der Waals surface area contributed by atoms with E-state index in [1.165, 1.54) is 0 Å². The summed E-state index contributed by atoms with van der Waals surface area (Å²) in [5, 5.41) is 40.1. The van der Waals surface area contributed by atoms with E-state index in [0.717, 1.165) is 25.7 Å². The fraction of sp³-hybridized carbons (Fsp3) is 0.609. The Morgan fingerprint density at radius 2 is 1.72 bits per heavy atom. The van der Waals surface area contributed by atoms with Crippen LogP contribution in [0.25, 0.3) is 0 Å². The van der Waals surface area contributed by atoms with Crippen LogP contribution in [0, 0.1) is 23.7 Å². The standard InChI is InChI=1S/C23H31ClO5/c24-20-9-6-5-7-16(20)11-12-17(25)13-14-19-18(21(26)15-22(19)27)8-3-1-2-4-10-23(28)29/h5-7,9,17-19,21-22,25-27H,1-4,8,10,13-15H2,(H,28,29)/t17?,18-,19-,21+,22-/m1/s1. The molecule has 29 heavy (non-hydrogen) atoms. The van der Waals surface area contributed by atoms with Gasteiger partial charge in [-0.3, -0.25) is 4.79 Å². The molecule has 1 aromatic rings. The highest BCUT2D eigenvalue weighted by molar-refractivity contribution is 6.31. The third-order valence-electron chi connectivity index (χ3n) is 5.72. The van der Waals surface area contributed by atoms with Crippen molar-refractivity contribution in [1.82, 2.24) is 0 Å². The minimum atomic E-state index is -0.812. The molecule has 4 N–H and O–H groups in total. The number of hydrogen-bond acceptors (Lipinski definition) is 4. The molecule has 1 saturated carbocycles. The van der Waals surface area contributed by atoms with Crippen molar-refractivity contribution in [3.05, 3.63) is 34.9 Å². The molecule has 160 valence electrons. The SMILES string of the molecule is O=C(O)CCCCCC[C@@H]1[C@@H](CCC(O)C#Cc2ccccc2Cl)[C@H](O)C[C@@H]1O. The first-order chi connectivity index (χ1) is 13.9. The number of aliphatic carboxylic acids is 1. The minimum absolute atomic E-state index is 0.00759. The van der Waals surface area contributed by atoms with Crippen molar-refractivity contribution in [3.8, 4) is 11.8 Å². The lowest BCUT2D eigenvalue weighted by molar-refractivity contribution is -0.137. The fourth-order valence-corrected chi connectivity index (χ4v) is 4.32. The smallest absolute Gasteiger partial charge is 0.303 e. The number of aliphatic hydroxyl groups excluding tert-OH is 3. The highest BCUT2D eigenvalue weighted by Crippen LogP contribution is 2.39. The molecule has 1 fully saturated rings. The van der Waals surface area contributed by atoms with E-state index < -0.39 is 24.3 Å². The second-order valence-corrected chi connectivity index (χ2v) is 8.29. The van der Waals surface area contributed by atoms with Gasteiger partial charge >= 0.3 is 5.97 Å². The van der Waals surface area contributed by atoms with Crippen molar-refractivity contribution in [2.45, 2.75) is 76.1 Å². The quantitative estimate of drug-likeness (QED) is 0.341. The fourth-order valence-electron chi connectivity index (χ4n) is 4.14. The molecule has 0 aliphatic heterocycles. The molecule has 5 atom stereocenters. The second kappa shape index (κ2) is 12.2. The number of benzene rings is 1. The number of rotatable bonds is 10. The lowest BCUT2D eigenvalue weighted by Crippen LogP contribution is -2.23. The maximum Gasteiger partial charge on any atom is 0.303 e. The maximum atomic E-state index is 10.5. The Kier molecular flexibility index (Phi) is 9.96. The van der Waals surface area contributed by atoms with E-state index in [9.17, 15) is 20.1 Å². The minimum Gasteiger partial charge on any atom is -0.481 e. The van der Waals surface area contributed by atoms with Crippen LogP contribution >= 0.6 is 11.6 Å². The lowest BCUT2D eigenvalue weighted by atomic mass is 9.85. The van der Waals surface area contributed by atoms with Crippen LogP contribution in [0.3, 0.4) is 0 Å². The molecule has 0 spiro atoms. The monoisotopic (exact) mass is 422 g/mol. The van der Waals surface area contributed by atoms with Gasteiger partial charge in [-0.25, -0.2) is 0 Å². The van der Waals surface area contributed by atoms with Gasteiger partial charge in [0, 0.05) is 12.0 Å². The first kappa shape index (κ1) is 23.7. The Bertz CT molecular complexity index is 711. The highest BCUT2D eigenvalue weighted by Gasteiger charge is 2.40. The summed E-state index contributed by atoms with van der Waals surface area (Å²) < 4.78 is 0. The first-order valence-corrected chi connectivity index (χ1v) is 10.8. The van der Waals surface area contributed by atoms with Crippen LogP contribution in [0.2, 0.25) is 5.02 Å². The number of carbonyl (C=O) groups is 1. The average Bonchev–Trinajstić information content (AvgIpc) is 2.94. The normalized spacial score (nSPS) is 24.7. The summed E-state index contributed by atoms with van der Waals surface area (Å²) >= 11 is 6.06. The molecule has 0 bridgehead atoms. The van der Waals surface area contributed by atoms with Crippen LogP contribution in [0.1, 0.15) is 63.4 Å². The van der Waals surface area contributed by atoms with Gasteiger partial charge in [0.25, 0.3) is 0 Å². The number of aliphatic hydroxyl groups is 3. The second-order valence-electron chi connectivity index (χ2n) is 7.89. The average molecular weight is 423 g/mol. The van der Waals surface area contributed by atoms with E-state index in [0.29, 0.717) is 36.3 Å². The van der Waals surface area contributed by atoms with E-state index in [2.05, 4.69) is 11.8 Å². The number of hydrogen-bond donors (Lipinski definition) is 4. The van der Waals surface area contributed by atoms with Crippen molar-refractivity contribution in [3.63, 3.8) is 0 Å². The first-order valence-electron chi connectivity index (χ1n) is 10.4. The zero-order valence-electron chi connectivity index (χ0n) is 16.6. The van der Waals surface area contributed by atoms with Gasteiger partial charge in [-0.2, -0.15) is 0 Å². The van der Waals surface area contributed by atoms with Gasteiger partial charge < -0.3 is 20.4 Å². The lowest BCUT2D eigenvalue weighted by Gasteiger charge is -2.24. The molecule has 0 amide bonds. The zero-order valence-corrected chi connectivity index (χ0v) is 17.4. The van der Waals surface area contributed by atoms with Crippen LogP contribution in [-0.4, -0.2) is 44.7 Å². The van der Waals surface area contributed by atoms with E-state index in [-0.39, 0.29) is 18.3 Å². The highest BCUT2D eigenvalue weighted by atomic mass is 35.5. The Labute approximate surface area is 177 Å². The van der Waals surface area contributed by atoms with Gasteiger partial charge in [0.1, 0.15) is 6.10 Å². The van der Waals surface area contributed by atoms with Crippen LogP contribution < -0.4 is 0 Å². The summed E-state index contributed by atoms with van der Waals surface area (Å²) in [6.45, 7) is 0. The molecule has 0 aromatic heterocycles. The Morgan fingerprint density at radius 3 is 2.41 bits per heavy atom. The number of carboxylic acids is 1. The molecule has 1 unspecified atom stereocenters. The third-order valence-corrected chi connectivity index (χ3v) is 6.05. The van der Waals surface area contributed by atoms with Gasteiger partial charge in [-0.05, 0) is 56.1 Å². The zero-order chi connectivity index (χ0) is 21.2. The molecular weight excluding hydrogens is 392 g/mol. The molecule has 2 rings (SSSR count). The van der Waals surface area contributed by atoms with Crippen LogP contribution in [0.4, 0.5) is 0 Å². The van der Waals surface area contributed by atoms with E-state index in [1.807, 2.05) is 12.1 Å². The molecule has 1 aromatic carbocycles. The molecule has 1 aliphatic rings. The van der Waals surface area contributed by atoms with Gasteiger partial charge in [0.2, 0.25) is 0 Å². The van der Waals surface area contributed by atoms with Crippen molar-refractivity contribution in [2.75, 3.05) is 0 Å². The van der Waals surface area contributed by atoms with Crippen molar-refractivity contribution >= 4 is 17.6 Å². The molecule has 5 nitrogen and oxygen atoms in total. The number of unbranched alkanes of at least 4 members (excludes halogenated alkanes) is 3. The largest absolute Gasteiger partial charge is 0.481 e. The van der Waals surface area contributed by atoms with Crippen molar-refractivity contribution in [1.29, 1.82) is 0 Å². The predicted molar refractivity (Wildman–Crippen MR) is 113 cm³/mol. The maximum absolute atomic E-state index is 10.5. The molecule has 1 aliphatic carbocycles. The Morgan fingerprint density at radius 1 is 1.07 bits per heavy atom. The van der Waals surface area contributed by atoms with Crippen molar-refractivity contribution < 1.29 is 25.2 Å². The Balaban J connectivity index is 1.79. The molecule has 0 heterocycles. The third kappa shape index (κ3) is 7.98. The summed E-state index contributed by atoms with van der Waals surface area (Å²) in [6.07, 6.45) is 3.85. The van der Waals surface area contributed by atoms with Gasteiger partial charge in [-0.15, -0.1) is 0 Å². The molecule has 0 radical (unpaired) electrons. The number of carboxylic acid groups (broad SMARTS) is 1. The summed E-state index contributed by atoms with van der Waals surface area (Å²) in [6, 6.07) is 7.21. The molecule has 6 heteroatoms. The molecule has 0 saturated heterocycles. The molecular formula is C23H31ClO5. The van der Waals surface area contributed by atoms with E-state index >= 15 is 0 Å². The van der Waals surface area contributed by atoms with Gasteiger partial charge in [-0.1, -0.05) is 54.8 Å². The van der Waals surface area contributed by atoms with Crippen LogP contribution in [0.5, 0.6) is 0 Å².